The second-order valence-electron chi connectivity index (χ2n) is 3.49. The van der Waals surface area contributed by atoms with Crippen molar-refractivity contribution in [3.05, 3.63) is 16.8 Å². The average molecular weight is 253 g/mol. The molecule has 0 spiro atoms. The first-order valence-corrected chi connectivity index (χ1v) is 6.13. The average Bonchev–Trinajstić information content (AvgIpc) is 2.94. The van der Waals surface area contributed by atoms with Crippen molar-refractivity contribution >= 4 is 17.3 Å². The molecule has 6 nitrogen and oxygen atoms in total. The molecule has 0 unspecified atom stereocenters. The number of hydrogen-bond acceptors (Lipinski definition) is 6. The van der Waals surface area contributed by atoms with Crippen molar-refractivity contribution in [2.24, 2.45) is 0 Å². The van der Waals surface area contributed by atoms with Crippen LogP contribution in [0.15, 0.2) is 15.4 Å². The van der Waals surface area contributed by atoms with Crippen LogP contribution in [-0.2, 0) is 11.2 Å². The number of thiazole rings is 1. The Hall–Kier alpha value is -1.76. The number of carboxylic acid groups (broad SMARTS) is 1. The van der Waals surface area contributed by atoms with Crippen LogP contribution in [0.2, 0.25) is 0 Å². The van der Waals surface area contributed by atoms with Crippen molar-refractivity contribution in [3.63, 3.8) is 0 Å². The summed E-state index contributed by atoms with van der Waals surface area (Å²) in [4.78, 5) is 18.6. The van der Waals surface area contributed by atoms with Gasteiger partial charge in [0.2, 0.25) is 11.7 Å². The minimum Gasteiger partial charge on any atom is -0.481 e. The summed E-state index contributed by atoms with van der Waals surface area (Å²) in [5, 5.41) is 14.1. The van der Waals surface area contributed by atoms with E-state index in [2.05, 4.69) is 15.1 Å². The fourth-order valence-electron chi connectivity index (χ4n) is 1.34. The zero-order chi connectivity index (χ0) is 12.1. The monoisotopic (exact) mass is 253 g/mol. The molecule has 0 aliphatic rings. The lowest BCUT2D eigenvalue weighted by Crippen LogP contribution is -1.95. The molecule has 2 aromatic rings. The van der Waals surface area contributed by atoms with Gasteiger partial charge in [-0.05, 0) is 12.8 Å². The summed E-state index contributed by atoms with van der Waals surface area (Å²) in [5.74, 6) is 0.233. The normalized spacial score (nSPS) is 10.6. The van der Waals surface area contributed by atoms with Crippen molar-refractivity contribution in [2.45, 2.75) is 25.7 Å². The highest BCUT2D eigenvalue weighted by molar-refractivity contribution is 7.07. The second-order valence-corrected chi connectivity index (χ2v) is 4.20. The highest BCUT2D eigenvalue weighted by Gasteiger charge is 2.09. The van der Waals surface area contributed by atoms with Crippen LogP contribution in [0.5, 0.6) is 0 Å². The molecule has 17 heavy (non-hydrogen) atoms. The van der Waals surface area contributed by atoms with E-state index in [1.807, 2.05) is 5.38 Å². The van der Waals surface area contributed by atoms with Crippen LogP contribution in [0, 0.1) is 0 Å². The Morgan fingerprint density at radius 1 is 1.47 bits per heavy atom. The molecule has 0 bridgehead atoms. The van der Waals surface area contributed by atoms with Gasteiger partial charge in [0.05, 0.1) is 5.51 Å². The molecule has 0 aromatic carbocycles. The van der Waals surface area contributed by atoms with Crippen LogP contribution in [0.25, 0.3) is 11.5 Å². The van der Waals surface area contributed by atoms with Crippen molar-refractivity contribution in [1.29, 1.82) is 0 Å². The van der Waals surface area contributed by atoms with Gasteiger partial charge in [-0.3, -0.25) is 4.79 Å². The van der Waals surface area contributed by atoms with Gasteiger partial charge in [0, 0.05) is 18.2 Å². The van der Waals surface area contributed by atoms with Gasteiger partial charge in [-0.15, -0.1) is 11.3 Å². The fraction of sp³-hybridized carbons (Fsp3) is 0.400. The van der Waals surface area contributed by atoms with E-state index in [1.54, 1.807) is 5.51 Å². The zero-order valence-corrected chi connectivity index (χ0v) is 9.81. The van der Waals surface area contributed by atoms with E-state index in [1.165, 1.54) is 11.3 Å². The summed E-state index contributed by atoms with van der Waals surface area (Å²) in [6.45, 7) is 0. The van der Waals surface area contributed by atoms with E-state index < -0.39 is 5.97 Å². The molecule has 0 saturated heterocycles. The Morgan fingerprint density at radius 2 is 2.35 bits per heavy atom. The summed E-state index contributed by atoms with van der Waals surface area (Å²) in [6.07, 6.45) is 2.12. The quantitative estimate of drug-likeness (QED) is 0.792. The van der Waals surface area contributed by atoms with E-state index in [9.17, 15) is 4.79 Å². The van der Waals surface area contributed by atoms with Crippen LogP contribution in [0.1, 0.15) is 25.2 Å². The molecular formula is C10H11N3O3S. The third kappa shape index (κ3) is 3.35. The van der Waals surface area contributed by atoms with Crippen LogP contribution >= 0.6 is 11.3 Å². The van der Waals surface area contributed by atoms with Gasteiger partial charge in [-0.1, -0.05) is 5.16 Å². The lowest BCUT2D eigenvalue weighted by atomic mass is 10.2. The number of hydrogen-bond donors (Lipinski definition) is 1. The van der Waals surface area contributed by atoms with E-state index in [4.69, 9.17) is 9.63 Å². The minimum absolute atomic E-state index is 0.174. The zero-order valence-electron chi connectivity index (χ0n) is 9.00. The summed E-state index contributed by atoms with van der Waals surface area (Å²) in [6, 6.07) is 0. The summed E-state index contributed by atoms with van der Waals surface area (Å²) >= 11 is 1.47. The smallest absolute Gasteiger partial charge is 0.303 e. The number of nitrogens with zero attached hydrogens (tertiary/aromatic N) is 3. The molecule has 0 amide bonds. The second kappa shape index (κ2) is 5.53. The van der Waals surface area contributed by atoms with Crippen molar-refractivity contribution < 1.29 is 14.4 Å². The van der Waals surface area contributed by atoms with Crippen molar-refractivity contribution in [1.82, 2.24) is 15.1 Å². The number of aryl methyl sites for hydroxylation is 1. The maximum Gasteiger partial charge on any atom is 0.303 e. The third-order valence-corrected chi connectivity index (χ3v) is 2.75. The predicted molar refractivity (Wildman–Crippen MR) is 60.6 cm³/mol. The molecule has 90 valence electrons. The molecule has 2 aromatic heterocycles. The Bertz CT molecular complexity index is 481. The molecule has 0 atom stereocenters. The number of aliphatic carboxylic acids is 1. The van der Waals surface area contributed by atoms with Crippen molar-refractivity contribution in [2.75, 3.05) is 0 Å². The van der Waals surface area contributed by atoms with E-state index >= 15 is 0 Å². The van der Waals surface area contributed by atoms with Gasteiger partial charge in [0.25, 0.3) is 0 Å². The van der Waals surface area contributed by atoms with E-state index in [-0.39, 0.29) is 6.42 Å². The first-order chi connectivity index (χ1) is 8.25. The van der Waals surface area contributed by atoms with E-state index in [0.29, 0.717) is 30.3 Å². The molecule has 0 radical (unpaired) electrons. The third-order valence-electron chi connectivity index (χ3n) is 2.16. The maximum atomic E-state index is 10.3. The lowest BCUT2D eigenvalue weighted by molar-refractivity contribution is -0.137. The topological polar surface area (TPSA) is 89.1 Å². The molecule has 2 rings (SSSR count). The van der Waals surface area contributed by atoms with Gasteiger partial charge in [0.15, 0.2) is 0 Å². The number of aromatic nitrogens is 3. The van der Waals surface area contributed by atoms with Gasteiger partial charge in [-0.25, -0.2) is 4.98 Å². The number of carboxylic acids is 1. The van der Waals surface area contributed by atoms with Gasteiger partial charge < -0.3 is 9.63 Å². The van der Waals surface area contributed by atoms with Gasteiger partial charge >= 0.3 is 5.97 Å². The first kappa shape index (κ1) is 11.7. The Kier molecular flexibility index (Phi) is 3.81. The largest absolute Gasteiger partial charge is 0.481 e. The Labute approximate surface area is 101 Å². The first-order valence-electron chi connectivity index (χ1n) is 5.18. The Morgan fingerprint density at radius 3 is 3.06 bits per heavy atom. The molecule has 0 aliphatic heterocycles. The van der Waals surface area contributed by atoms with Crippen LogP contribution < -0.4 is 0 Å². The Balaban J connectivity index is 1.84. The van der Waals surface area contributed by atoms with Gasteiger partial charge in [-0.2, -0.15) is 4.98 Å². The molecular weight excluding hydrogens is 242 g/mol. The minimum atomic E-state index is -0.779. The van der Waals surface area contributed by atoms with Gasteiger partial charge in [0.1, 0.15) is 5.69 Å². The number of rotatable bonds is 6. The molecule has 7 heteroatoms. The SMILES string of the molecule is O=C(O)CCCCc1nc(-c2cscn2)no1. The molecule has 2 heterocycles. The van der Waals surface area contributed by atoms with Crippen molar-refractivity contribution in [3.8, 4) is 11.5 Å². The maximum absolute atomic E-state index is 10.3. The van der Waals surface area contributed by atoms with Crippen LogP contribution in [0.3, 0.4) is 0 Å². The van der Waals surface area contributed by atoms with Crippen LogP contribution in [-0.4, -0.2) is 26.2 Å². The molecule has 0 fully saturated rings. The number of unbranched alkanes of at least 4 members (excludes halogenated alkanes) is 1. The highest BCUT2D eigenvalue weighted by atomic mass is 32.1. The van der Waals surface area contributed by atoms with Crippen LogP contribution in [0.4, 0.5) is 0 Å². The predicted octanol–water partition coefficient (Wildman–Crippen LogP) is 1.99. The summed E-state index contributed by atoms with van der Waals surface area (Å²) < 4.78 is 5.05. The lowest BCUT2D eigenvalue weighted by Gasteiger charge is -1.92. The van der Waals surface area contributed by atoms with E-state index in [0.717, 1.165) is 6.42 Å². The standard InChI is InChI=1S/C10H11N3O3S/c14-9(15)4-2-1-3-8-12-10(13-16-8)7-5-17-6-11-7/h5-6H,1-4H2,(H,14,15). The fourth-order valence-corrected chi connectivity index (χ4v) is 1.87. The summed E-state index contributed by atoms with van der Waals surface area (Å²) in [7, 11) is 0. The number of carbonyl (C=O) groups is 1. The summed E-state index contributed by atoms with van der Waals surface area (Å²) in [5.41, 5.74) is 2.41. The molecule has 0 aliphatic carbocycles. The highest BCUT2D eigenvalue weighted by Crippen LogP contribution is 2.16. The molecule has 0 saturated carbocycles. The molecule has 1 N–H and O–H groups in total.